The average Bonchev–Trinajstić information content (AvgIpc) is 3.46. The van der Waals surface area contributed by atoms with Gasteiger partial charge in [0.1, 0.15) is 0 Å². The fourth-order valence-corrected chi connectivity index (χ4v) is 5.15. The molecule has 4 rings (SSSR count). The number of thioether (sulfide) groups is 1. The van der Waals surface area contributed by atoms with E-state index in [0.717, 1.165) is 18.5 Å². The second-order valence-corrected chi connectivity index (χ2v) is 9.37. The summed E-state index contributed by atoms with van der Waals surface area (Å²) in [5, 5.41) is 14.9. The van der Waals surface area contributed by atoms with Gasteiger partial charge in [-0.1, -0.05) is 35.5 Å². The van der Waals surface area contributed by atoms with Crippen molar-refractivity contribution in [1.29, 1.82) is 0 Å². The Kier molecular flexibility index (Phi) is 6.59. The van der Waals surface area contributed by atoms with Crippen molar-refractivity contribution in [1.82, 2.24) is 24.6 Å². The van der Waals surface area contributed by atoms with Gasteiger partial charge in [-0.25, -0.2) is 4.98 Å². The number of rotatable bonds is 6. The smallest absolute Gasteiger partial charge is 0.255 e. The molecule has 3 aromatic rings. The van der Waals surface area contributed by atoms with Gasteiger partial charge in [-0.2, -0.15) is 0 Å². The number of aromatic nitrogens is 4. The van der Waals surface area contributed by atoms with Crippen molar-refractivity contribution < 1.29 is 9.59 Å². The molecule has 31 heavy (non-hydrogen) atoms. The third-order valence-corrected chi connectivity index (χ3v) is 7.21. The normalized spacial score (nSPS) is 16.0. The van der Waals surface area contributed by atoms with E-state index in [1.54, 1.807) is 29.2 Å². The van der Waals surface area contributed by atoms with Gasteiger partial charge in [0.2, 0.25) is 5.91 Å². The Bertz CT molecular complexity index is 1110. The van der Waals surface area contributed by atoms with Gasteiger partial charge in [0.25, 0.3) is 5.91 Å². The molecule has 8 nitrogen and oxygen atoms in total. The number of anilines is 1. The number of hydrogen-bond donors (Lipinski definition) is 1. The Balaban J connectivity index is 1.44. The molecule has 1 aromatic carbocycles. The number of nitrogens with zero attached hydrogens (tertiary/aromatic N) is 5. The number of carbonyl (C=O) groups is 2. The topological polar surface area (TPSA) is 93.0 Å². The molecule has 1 N–H and O–H groups in total. The van der Waals surface area contributed by atoms with Gasteiger partial charge in [-0.3, -0.25) is 9.59 Å². The molecule has 1 fully saturated rings. The molecule has 0 saturated carbocycles. The van der Waals surface area contributed by atoms with Crippen LogP contribution >= 0.6 is 34.7 Å². The fourth-order valence-electron chi connectivity index (χ4n) is 3.51. The fraction of sp³-hybridized carbons (Fsp3) is 0.350. The highest BCUT2D eigenvalue weighted by atomic mass is 35.5. The lowest BCUT2D eigenvalue weighted by molar-refractivity contribution is -0.113. The summed E-state index contributed by atoms with van der Waals surface area (Å²) in [6.07, 6.45) is 1.68. The van der Waals surface area contributed by atoms with E-state index in [9.17, 15) is 9.59 Å². The Morgan fingerprint density at radius 2 is 2.13 bits per heavy atom. The van der Waals surface area contributed by atoms with E-state index in [0.29, 0.717) is 33.2 Å². The van der Waals surface area contributed by atoms with Crippen molar-refractivity contribution in [2.24, 2.45) is 7.05 Å². The minimum atomic E-state index is -0.178. The second kappa shape index (κ2) is 9.37. The molecule has 2 aromatic heterocycles. The molecule has 162 valence electrons. The number of benzene rings is 1. The van der Waals surface area contributed by atoms with Crippen molar-refractivity contribution in [3.63, 3.8) is 0 Å². The predicted molar refractivity (Wildman–Crippen MR) is 122 cm³/mol. The Labute approximate surface area is 193 Å². The van der Waals surface area contributed by atoms with Crippen LogP contribution in [0.25, 0.3) is 0 Å². The number of nitrogens with one attached hydrogen (secondary N) is 1. The molecule has 2 amide bonds. The van der Waals surface area contributed by atoms with E-state index in [4.69, 9.17) is 11.6 Å². The van der Waals surface area contributed by atoms with E-state index in [1.807, 2.05) is 23.9 Å². The van der Waals surface area contributed by atoms with Crippen LogP contribution in [0, 0.1) is 6.92 Å². The third kappa shape index (κ3) is 4.76. The van der Waals surface area contributed by atoms with Crippen LogP contribution in [0.4, 0.5) is 5.13 Å². The summed E-state index contributed by atoms with van der Waals surface area (Å²) in [7, 11) is 1.86. The van der Waals surface area contributed by atoms with Crippen LogP contribution in [0.15, 0.2) is 34.8 Å². The molecule has 1 saturated heterocycles. The summed E-state index contributed by atoms with van der Waals surface area (Å²) < 4.78 is 1.86. The first-order valence-electron chi connectivity index (χ1n) is 9.73. The lowest BCUT2D eigenvalue weighted by Gasteiger charge is -2.24. The van der Waals surface area contributed by atoms with Crippen molar-refractivity contribution in [2.75, 3.05) is 17.6 Å². The third-order valence-electron chi connectivity index (χ3n) is 4.98. The number of amides is 2. The standard InChI is InChI=1S/C20H21ClN6O2S2/c1-12-10-30-19(22-12)23-16(28)11-31-20-25-24-17(26(20)2)15-8-5-9-27(15)18(29)13-6-3-4-7-14(13)21/h3-4,6-7,10,15H,5,8-9,11H2,1-2H3,(H,22,23,28). The monoisotopic (exact) mass is 476 g/mol. The second-order valence-electron chi connectivity index (χ2n) is 7.17. The van der Waals surface area contributed by atoms with Crippen LogP contribution < -0.4 is 5.32 Å². The van der Waals surface area contributed by atoms with Crippen LogP contribution in [-0.4, -0.2) is 48.8 Å². The maximum absolute atomic E-state index is 13.1. The van der Waals surface area contributed by atoms with Gasteiger partial charge in [0.15, 0.2) is 16.1 Å². The number of thiazole rings is 1. The van der Waals surface area contributed by atoms with Crippen LogP contribution in [0.5, 0.6) is 0 Å². The highest BCUT2D eigenvalue weighted by molar-refractivity contribution is 7.99. The van der Waals surface area contributed by atoms with Gasteiger partial charge in [-0.05, 0) is 31.9 Å². The van der Waals surface area contributed by atoms with E-state index in [-0.39, 0.29) is 23.6 Å². The average molecular weight is 477 g/mol. The maximum atomic E-state index is 13.1. The molecule has 1 aliphatic heterocycles. The van der Waals surface area contributed by atoms with Gasteiger partial charge < -0.3 is 14.8 Å². The Hall–Kier alpha value is -2.43. The summed E-state index contributed by atoms with van der Waals surface area (Å²) >= 11 is 8.92. The van der Waals surface area contributed by atoms with Crippen LogP contribution in [0.2, 0.25) is 5.02 Å². The van der Waals surface area contributed by atoms with E-state index in [1.165, 1.54) is 23.1 Å². The maximum Gasteiger partial charge on any atom is 0.255 e. The van der Waals surface area contributed by atoms with E-state index < -0.39 is 0 Å². The molecule has 0 spiro atoms. The Morgan fingerprint density at radius 1 is 1.32 bits per heavy atom. The molecule has 0 aliphatic carbocycles. The number of aryl methyl sites for hydroxylation is 1. The SMILES string of the molecule is Cc1csc(NC(=O)CSc2nnc(C3CCCN3C(=O)c3ccccc3Cl)n2C)n1. The van der Waals surface area contributed by atoms with Gasteiger partial charge >= 0.3 is 0 Å². The molecule has 0 radical (unpaired) electrons. The van der Waals surface area contributed by atoms with Crippen molar-refractivity contribution in [3.8, 4) is 0 Å². The quantitative estimate of drug-likeness (QED) is 0.541. The van der Waals surface area contributed by atoms with E-state index in [2.05, 4.69) is 20.5 Å². The molecular formula is C20H21ClN6O2S2. The first kappa shape index (κ1) is 21.8. The number of carbonyl (C=O) groups excluding carboxylic acids is 2. The van der Waals surface area contributed by atoms with Crippen LogP contribution in [0.1, 0.15) is 40.8 Å². The van der Waals surface area contributed by atoms with Crippen molar-refractivity contribution in [3.05, 3.63) is 51.7 Å². The lowest BCUT2D eigenvalue weighted by Crippen LogP contribution is -2.32. The van der Waals surface area contributed by atoms with Crippen molar-refractivity contribution in [2.45, 2.75) is 31.0 Å². The summed E-state index contributed by atoms with van der Waals surface area (Å²) in [5.74, 6) is 0.637. The first-order valence-corrected chi connectivity index (χ1v) is 12.0. The summed E-state index contributed by atoms with van der Waals surface area (Å²) in [5.41, 5.74) is 1.36. The molecule has 3 heterocycles. The predicted octanol–water partition coefficient (Wildman–Crippen LogP) is 3.94. The van der Waals surface area contributed by atoms with E-state index >= 15 is 0 Å². The minimum Gasteiger partial charge on any atom is -0.328 e. The minimum absolute atomic E-state index is 0.108. The molecule has 1 atom stereocenters. The van der Waals surface area contributed by atoms with Crippen molar-refractivity contribution >= 4 is 51.6 Å². The Morgan fingerprint density at radius 3 is 2.87 bits per heavy atom. The first-order chi connectivity index (χ1) is 14.9. The molecule has 1 unspecified atom stereocenters. The zero-order valence-corrected chi connectivity index (χ0v) is 19.4. The van der Waals surface area contributed by atoms with Crippen LogP contribution in [0.3, 0.4) is 0 Å². The lowest BCUT2D eigenvalue weighted by atomic mass is 10.1. The zero-order valence-electron chi connectivity index (χ0n) is 17.0. The number of hydrogen-bond acceptors (Lipinski definition) is 7. The van der Waals surface area contributed by atoms with Gasteiger partial charge in [0, 0.05) is 19.0 Å². The summed E-state index contributed by atoms with van der Waals surface area (Å²) in [6.45, 7) is 2.52. The van der Waals surface area contributed by atoms with Crippen LogP contribution in [-0.2, 0) is 11.8 Å². The number of likely N-dealkylation sites (tertiary alicyclic amines) is 1. The summed E-state index contributed by atoms with van der Waals surface area (Å²) in [6, 6.07) is 6.88. The molecule has 1 aliphatic rings. The number of halogens is 1. The summed E-state index contributed by atoms with van der Waals surface area (Å²) in [4.78, 5) is 31.3. The van der Waals surface area contributed by atoms with Gasteiger partial charge in [0.05, 0.1) is 28.1 Å². The highest BCUT2D eigenvalue weighted by Crippen LogP contribution is 2.34. The molecule has 0 bridgehead atoms. The zero-order chi connectivity index (χ0) is 22.0. The molecule has 11 heteroatoms. The largest absolute Gasteiger partial charge is 0.328 e. The molecular weight excluding hydrogens is 456 g/mol. The highest BCUT2D eigenvalue weighted by Gasteiger charge is 2.34. The van der Waals surface area contributed by atoms with Gasteiger partial charge in [-0.15, -0.1) is 21.5 Å².